The average Bonchev–Trinajstić information content (AvgIpc) is 2.36. The van der Waals surface area contributed by atoms with Crippen LogP contribution >= 0.6 is 0 Å². The van der Waals surface area contributed by atoms with Crippen molar-refractivity contribution in [2.45, 2.75) is 19.5 Å². The van der Waals surface area contributed by atoms with Crippen molar-refractivity contribution < 1.29 is 18.7 Å². The van der Waals surface area contributed by atoms with Gasteiger partial charge in [-0.1, -0.05) is 18.2 Å². The van der Waals surface area contributed by atoms with Gasteiger partial charge in [0.25, 0.3) is 0 Å². The van der Waals surface area contributed by atoms with Crippen LogP contribution in [-0.2, 0) is 20.9 Å². The Morgan fingerprint density at radius 2 is 2.05 bits per heavy atom. The van der Waals surface area contributed by atoms with E-state index in [1.807, 2.05) is 0 Å². The summed E-state index contributed by atoms with van der Waals surface area (Å²) in [5, 5.41) is 5.02. The maximum absolute atomic E-state index is 13.4. The minimum atomic E-state index is -0.783. The Morgan fingerprint density at radius 3 is 2.63 bits per heavy atom. The van der Waals surface area contributed by atoms with Crippen molar-refractivity contribution in [2.24, 2.45) is 0 Å². The molecular formula is C13H17FN2O3. The largest absolute Gasteiger partial charge is 0.382 e. The normalized spacial score (nSPS) is 11.7. The van der Waals surface area contributed by atoms with Crippen LogP contribution in [0, 0.1) is 5.82 Å². The standard InChI is InChI=1S/C13H17FN2O3/c1-9(17)16-12(8-19-2)13(18)15-7-10-5-3-4-6-11(10)14/h3-6,12H,7-8H2,1-2H3,(H,15,18)(H,16,17)/t12-/m1/s1. The number of carbonyl (C=O) groups is 2. The predicted molar refractivity (Wildman–Crippen MR) is 67.7 cm³/mol. The van der Waals surface area contributed by atoms with E-state index in [1.54, 1.807) is 18.2 Å². The lowest BCUT2D eigenvalue weighted by Gasteiger charge is -2.16. The molecular weight excluding hydrogens is 251 g/mol. The van der Waals surface area contributed by atoms with E-state index in [0.717, 1.165) is 0 Å². The Bertz CT molecular complexity index is 451. The first kappa shape index (κ1) is 15.1. The van der Waals surface area contributed by atoms with Gasteiger partial charge in [-0.15, -0.1) is 0 Å². The second-order valence-electron chi connectivity index (χ2n) is 4.02. The molecule has 0 aromatic heterocycles. The molecule has 6 heteroatoms. The molecule has 0 aliphatic rings. The van der Waals surface area contributed by atoms with E-state index in [4.69, 9.17) is 4.74 Å². The van der Waals surface area contributed by atoms with Gasteiger partial charge in [-0.3, -0.25) is 9.59 Å². The fourth-order valence-electron chi connectivity index (χ4n) is 1.54. The van der Waals surface area contributed by atoms with Gasteiger partial charge in [0.2, 0.25) is 11.8 Å². The highest BCUT2D eigenvalue weighted by Crippen LogP contribution is 2.05. The summed E-state index contributed by atoms with van der Waals surface area (Å²) in [7, 11) is 1.43. The van der Waals surface area contributed by atoms with E-state index in [2.05, 4.69) is 10.6 Å². The van der Waals surface area contributed by atoms with Crippen LogP contribution in [0.4, 0.5) is 4.39 Å². The van der Waals surface area contributed by atoms with Gasteiger partial charge in [0.1, 0.15) is 11.9 Å². The maximum Gasteiger partial charge on any atom is 0.245 e. The summed E-state index contributed by atoms with van der Waals surface area (Å²) in [5.41, 5.74) is 0.384. The Hall–Kier alpha value is -1.95. The van der Waals surface area contributed by atoms with Crippen LogP contribution < -0.4 is 10.6 Å². The molecule has 19 heavy (non-hydrogen) atoms. The molecule has 0 aliphatic carbocycles. The number of rotatable bonds is 6. The van der Waals surface area contributed by atoms with Gasteiger partial charge in [-0.2, -0.15) is 0 Å². The molecule has 5 nitrogen and oxygen atoms in total. The summed E-state index contributed by atoms with van der Waals surface area (Å²) in [6.07, 6.45) is 0. The SMILES string of the molecule is COC[C@@H](NC(C)=O)C(=O)NCc1ccccc1F. The number of hydrogen-bond donors (Lipinski definition) is 2. The number of halogens is 1. The fourth-order valence-corrected chi connectivity index (χ4v) is 1.54. The molecule has 0 aliphatic heterocycles. The maximum atomic E-state index is 13.4. The highest BCUT2D eigenvalue weighted by molar-refractivity contribution is 5.86. The molecule has 1 rings (SSSR count). The Kier molecular flexibility index (Phi) is 5.95. The van der Waals surface area contributed by atoms with E-state index in [1.165, 1.54) is 20.1 Å². The monoisotopic (exact) mass is 268 g/mol. The molecule has 1 aromatic rings. The Labute approximate surface area is 111 Å². The van der Waals surface area contributed by atoms with Crippen molar-refractivity contribution in [3.8, 4) is 0 Å². The highest BCUT2D eigenvalue weighted by atomic mass is 19.1. The molecule has 0 unspecified atom stereocenters. The molecule has 1 aromatic carbocycles. The molecule has 2 amide bonds. The molecule has 0 fully saturated rings. The summed E-state index contributed by atoms with van der Waals surface area (Å²) in [6, 6.07) is 5.38. The molecule has 0 bridgehead atoms. The number of amides is 2. The lowest BCUT2D eigenvalue weighted by atomic mass is 10.2. The topological polar surface area (TPSA) is 67.4 Å². The van der Waals surface area contributed by atoms with Gasteiger partial charge >= 0.3 is 0 Å². The average molecular weight is 268 g/mol. The summed E-state index contributed by atoms with van der Waals surface area (Å²) >= 11 is 0. The second kappa shape index (κ2) is 7.48. The first-order chi connectivity index (χ1) is 9.04. The molecule has 0 heterocycles. The fraction of sp³-hybridized carbons (Fsp3) is 0.385. The Balaban J connectivity index is 2.57. The van der Waals surface area contributed by atoms with E-state index >= 15 is 0 Å². The van der Waals surface area contributed by atoms with E-state index in [0.29, 0.717) is 5.56 Å². The molecule has 1 atom stereocenters. The summed E-state index contributed by atoms with van der Waals surface area (Å²) < 4.78 is 18.2. The molecule has 0 spiro atoms. The first-order valence-corrected chi connectivity index (χ1v) is 5.81. The van der Waals surface area contributed by atoms with Crippen LogP contribution in [-0.4, -0.2) is 31.6 Å². The van der Waals surface area contributed by atoms with Crippen LogP contribution in [0.5, 0.6) is 0 Å². The summed E-state index contributed by atoms with van der Waals surface area (Å²) in [4.78, 5) is 22.8. The van der Waals surface area contributed by atoms with Crippen molar-refractivity contribution in [3.63, 3.8) is 0 Å². The number of nitrogens with one attached hydrogen (secondary N) is 2. The zero-order chi connectivity index (χ0) is 14.3. The first-order valence-electron chi connectivity index (χ1n) is 5.81. The molecule has 0 radical (unpaired) electrons. The third-order valence-electron chi connectivity index (χ3n) is 2.44. The van der Waals surface area contributed by atoms with Gasteiger partial charge in [0, 0.05) is 26.1 Å². The molecule has 0 saturated carbocycles. The molecule has 2 N–H and O–H groups in total. The van der Waals surface area contributed by atoms with Gasteiger partial charge in [-0.05, 0) is 6.07 Å². The number of methoxy groups -OCH3 is 1. The van der Waals surface area contributed by atoms with Gasteiger partial charge < -0.3 is 15.4 Å². The van der Waals surface area contributed by atoms with Crippen LogP contribution in [0.15, 0.2) is 24.3 Å². The minimum Gasteiger partial charge on any atom is -0.382 e. The predicted octanol–water partition coefficient (Wildman–Crippen LogP) is 0.593. The Morgan fingerprint density at radius 1 is 1.37 bits per heavy atom. The lowest BCUT2D eigenvalue weighted by molar-refractivity contribution is -0.129. The number of ether oxygens (including phenoxy) is 1. The third-order valence-corrected chi connectivity index (χ3v) is 2.44. The summed E-state index contributed by atoms with van der Waals surface area (Å²) in [5.74, 6) is -1.13. The highest BCUT2D eigenvalue weighted by Gasteiger charge is 2.19. The van der Waals surface area contributed by atoms with Crippen molar-refractivity contribution in [1.29, 1.82) is 0 Å². The zero-order valence-electron chi connectivity index (χ0n) is 10.9. The zero-order valence-corrected chi connectivity index (χ0v) is 10.9. The molecule has 104 valence electrons. The second-order valence-corrected chi connectivity index (χ2v) is 4.02. The van der Waals surface area contributed by atoms with E-state index in [9.17, 15) is 14.0 Å². The quantitative estimate of drug-likeness (QED) is 0.793. The van der Waals surface area contributed by atoms with Crippen LogP contribution in [0.25, 0.3) is 0 Å². The minimum absolute atomic E-state index is 0.0582. The number of carbonyl (C=O) groups excluding carboxylic acids is 2. The van der Waals surface area contributed by atoms with E-state index in [-0.39, 0.29) is 24.9 Å². The van der Waals surface area contributed by atoms with Gasteiger partial charge in [0.15, 0.2) is 0 Å². The van der Waals surface area contributed by atoms with E-state index < -0.39 is 11.9 Å². The van der Waals surface area contributed by atoms with Gasteiger partial charge in [0.05, 0.1) is 6.61 Å². The lowest BCUT2D eigenvalue weighted by Crippen LogP contribution is -2.48. The smallest absolute Gasteiger partial charge is 0.245 e. The molecule has 0 saturated heterocycles. The van der Waals surface area contributed by atoms with Crippen molar-refractivity contribution in [3.05, 3.63) is 35.6 Å². The van der Waals surface area contributed by atoms with Gasteiger partial charge in [-0.25, -0.2) is 4.39 Å². The third kappa shape index (κ3) is 5.05. The number of benzene rings is 1. The van der Waals surface area contributed by atoms with Crippen molar-refractivity contribution in [2.75, 3.05) is 13.7 Å². The van der Waals surface area contributed by atoms with Crippen LogP contribution in [0.3, 0.4) is 0 Å². The van der Waals surface area contributed by atoms with Crippen LogP contribution in [0.2, 0.25) is 0 Å². The van der Waals surface area contributed by atoms with Crippen molar-refractivity contribution >= 4 is 11.8 Å². The van der Waals surface area contributed by atoms with Crippen molar-refractivity contribution in [1.82, 2.24) is 10.6 Å². The number of hydrogen-bond acceptors (Lipinski definition) is 3. The summed E-state index contributed by atoms with van der Waals surface area (Å²) in [6.45, 7) is 1.43. The van der Waals surface area contributed by atoms with Crippen LogP contribution in [0.1, 0.15) is 12.5 Å².